The first-order valence-electron chi connectivity index (χ1n) is 15.2. The second kappa shape index (κ2) is 11.9. The molecule has 246 valence electrons. The Morgan fingerprint density at radius 1 is 0.804 bits per heavy atom. The van der Waals surface area contributed by atoms with Gasteiger partial charge in [-0.15, -0.1) is 0 Å². The third-order valence-corrected chi connectivity index (χ3v) is 9.87. The topological polar surface area (TPSA) is 155 Å². The standard InChI is InChI=1S/C35H40O11/c1-20(36)42-27-29(45-31(40)23-15-11-8-12-16-23)33(5)28(44-25(38)18-17-22-13-9-7-10-14-22)26(39)24-19-35(33,46-32(24,3)4)34(6,41)30(27)43-21(2)37/h7-18,24,26-30,39,41H,19H2,1-6H3/b18-17+/t24-,26-,27-,28-,29-,30-,33+,34-,35+/m0/s1. The van der Waals surface area contributed by atoms with Gasteiger partial charge in [0.2, 0.25) is 0 Å². The van der Waals surface area contributed by atoms with E-state index >= 15 is 0 Å². The summed E-state index contributed by atoms with van der Waals surface area (Å²) in [6, 6.07) is 17.1. The van der Waals surface area contributed by atoms with Crippen LogP contribution < -0.4 is 0 Å². The second-order valence-corrected chi connectivity index (χ2v) is 13.2. The number of benzene rings is 2. The van der Waals surface area contributed by atoms with Crippen LogP contribution >= 0.6 is 0 Å². The molecule has 5 rings (SSSR count). The fourth-order valence-corrected chi connectivity index (χ4v) is 7.78. The fourth-order valence-electron chi connectivity index (χ4n) is 7.78. The zero-order chi connectivity index (χ0) is 33.7. The number of fused-ring (bicyclic) bond motifs is 1. The van der Waals surface area contributed by atoms with Crippen LogP contribution in [0.3, 0.4) is 0 Å². The van der Waals surface area contributed by atoms with Gasteiger partial charge in [-0.1, -0.05) is 48.5 Å². The number of aliphatic hydroxyl groups is 2. The second-order valence-electron chi connectivity index (χ2n) is 13.2. The molecule has 3 fully saturated rings. The highest BCUT2D eigenvalue weighted by molar-refractivity contribution is 5.89. The molecule has 1 heterocycles. The lowest BCUT2D eigenvalue weighted by Gasteiger charge is -2.65. The van der Waals surface area contributed by atoms with Crippen molar-refractivity contribution in [2.75, 3.05) is 0 Å². The Kier molecular flexibility index (Phi) is 8.65. The number of rotatable bonds is 7. The molecule has 0 amide bonds. The van der Waals surface area contributed by atoms with Crippen LogP contribution in [0.15, 0.2) is 66.7 Å². The van der Waals surface area contributed by atoms with Crippen LogP contribution in [0.4, 0.5) is 0 Å². The van der Waals surface area contributed by atoms with E-state index in [4.69, 9.17) is 23.7 Å². The summed E-state index contributed by atoms with van der Waals surface area (Å²) in [4.78, 5) is 52.2. The Balaban J connectivity index is 1.70. The molecule has 9 atom stereocenters. The Morgan fingerprint density at radius 3 is 1.98 bits per heavy atom. The van der Waals surface area contributed by atoms with Crippen molar-refractivity contribution in [1.29, 1.82) is 0 Å². The first kappa shape index (κ1) is 33.3. The van der Waals surface area contributed by atoms with E-state index in [1.165, 1.54) is 25.1 Å². The van der Waals surface area contributed by atoms with Crippen LogP contribution in [-0.4, -0.2) is 81.4 Å². The van der Waals surface area contributed by atoms with Gasteiger partial charge >= 0.3 is 23.9 Å². The van der Waals surface area contributed by atoms with E-state index in [1.54, 1.807) is 57.2 Å². The van der Waals surface area contributed by atoms with Crippen molar-refractivity contribution in [3.63, 3.8) is 0 Å². The number of carbonyl (C=O) groups is 4. The van der Waals surface area contributed by atoms with Crippen LogP contribution in [0, 0.1) is 11.3 Å². The van der Waals surface area contributed by atoms with Crippen molar-refractivity contribution in [3.05, 3.63) is 77.9 Å². The molecule has 2 bridgehead atoms. The molecule has 1 aliphatic heterocycles. The summed E-state index contributed by atoms with van der Waals surface area (Å²) in [5.41, 5.74) is -5.89. The van der Waals surface area contributed by atoms with Gasteiger partial charge in [0, 0.05) is 25.8 Å². The summed E-state index contributed by atoms with van der Waals surface area (Å²) in [6.07, 6.45) is -4.83. The summed E-state index contributed by atoms with van der Waals surface area (Å²) in [6.45, 7) is 8.66. The SMILES string of the molecule is CC(=O)O[C@H]1[C@H](OC(=O)c2ccccc2)[C@@]2(C)[C@@H](OC(=O)/C=C/c3ccccc3)[C@@H](O)[C@@H]3C[C@]2(OC3(C)C)[C@@](C)(O)[C@H]1OC(C)=O. The summed E-state index contributed by atoms with van der Waals surface area (Å²) in [7, 11) is 0. The molecule has 0 aromatic heterocycles. The average Bonchev–Trinajstić information content (AvgIpc) is 3.29. The number of esters is 4. The highest BCUT2D eigenvalue weighted by Gasteiger charge is 2.84. The minimum absolute atomic E-state index is 0.00250. The summed E-state index contributed by atoms with van der Waals surface area (Å²) in [5.74, 6) is -3.95. The first-order chi connectivity index (χ1) is 21.5. The lowest BCUT2D eigenvalue weighted by molar-refractivity contribution is -0.357. The van der Waals surface area contributed by atoms with Gasteiger partial charge in [-0.2, -0.15) is 0 Å². The number of aliphatic hydroxyl groups excluding tert-OH is 1. The third kappa shape index (κ3) is 5.40. The Hall–Kier alpha value is -4.06. The monoisotopic (exact) mass is 636 g/mol. The predicted molar refractivity (Wildman–Crippen MR) is 163 cm³/mol. The lowest BCUT2D eigenvalue weighted by Crippen LogP contribution is -2.83. The summed E-state index contributed by atoms with van der Waals surface area (Å²) in [5, 5.41) is 24.5. The smallest absolute Gasteiger partial charge is 0.338 e. The number of hydrogen-bond donors (Lipinski definition) is 2. The number of hydrogen-bond acceptors (Lipinski definition) is 11. The van der Waals surface area contributed by atoms with Crippen LogP contribution in [0.25, 0.3) is 6.08 Å². The highest BCUT2D eigenvalue weighted by atomic mass is 16.6. The molecule has 2 saturated carbocycles. The molecule has 0 radical (unpaired) electrons. The Bertz CT molecular complexity index is 1520. The van der Waals surface area contributed by atoms with E-state index in [0.717, 1.165) is 19.4 Å². The van der Waals surface area contributed by atoms with E-state index in [1.807, 2.05) is 18.2 Å². The van der Waals surface area contributed by atoms with Crippen LogP contribution in [0.2, 0.25) is 0 Å². The molecular weight excluding hydrogens is 596 g/mol. The van der Waals surface area contributed by atoms with Gasteiger partial charge < -0.3 is 33.9 Å². The molecule has 2 N–H and O–H groups in total. The van der Waals surface area contributed by atoms with Crippen LogP contribution in [-0.2, 0) is 38.1 Å². The molecule has 0 unspecified atom stereocenters. The van der Waals surface area contributed by atoms with E-state index in [0.29, 0.717) is 0 Å². The Labute approximate surface area is 267 Å². The van der Waals surface area contributed by atoms with Gasteiger partial charge in [-0.25, -0.2) is 9.59 Å². The van der Waals surface area contributed by atoms with Gasteiger partial charge in [0.1, 0.15) is 17.3 Å². The van der Waals surface area contributed by atoms with Crippen molar-refractivity contribution in [3.8, 4) is 0 Å². The minimum atomic E-state index is -2.13. The van der Waals surface area contributed by atoms with E-state index in [-0.39, 0.29) is 12.0 Å². The third-order valence-electron chi connectivity index (χ3n) is 9.87. The largest absolute Gasteiger partial charge is 0.456 e. The fraction of sp³-hybridized carbons (Fsp3) is 0.486. The van der Waals surface area contributed by atoms with Crippen molar-refractivity contribution < 1.29 is 53.1 Å². The maximum Gasteiger partial charge on any atom is 0.338 e. The predicted octanol–water partition coefficient (Wildman–Crippen LogP) is 3.40. The molecule has 1 spiro atoms. The molecule has 2 aliphatic carbocycles. The van der Waals surface area contributed by atoms with Crippen molar-refractivity contribution in [2.24, 2.45) is 11.3 Å². The zero-order valence-corrected chi connectivity index (χ0v) is 26.7. The number of ether oxygens (including phenoxy) is 5. The van der Waals surface area contributed by atoms with E-state index in [2.05, 4.69) is 0 Å². The quantitative estimate of drug-likeness (QED) is 0.261. The normalized spacial score (nSPS) is 35.9. The van der Waals surface area contributed by atoms with Gasteiger partial charge in [-0.3, -0.25) is 9.59 Å². The summed E-state index contributed by atoms with van der Waals surface area (Å²) < 4.78 is 30.3. The first-order valence-corrected chi connectivity index (χ1v) is 15.2. The number of carbonyl (C=O) groups excluding carboxylic acids is 4. The maximum atomic E-state index is 13.7. The Morgan fingerprint density at radius 2 is 1.39 bits per heavy atom. The minimum Gasteiger partial charge on any atom is -0.456 e. The van der Waals surface area contributed by atoms with E-state index < -0.39 is 82.5 Å². The molecule has 3 aliphatic rings. The van der Waals surface area contributed by atoms with Gasteiger partial charge in [0.05, 0.1) is 22.7 Å². The molecule has 1 saturated heterocycles. The molecule has 11 heteroatoms. The molecule has 2 aromatic carbocycles. The van der Waals surface area contributed by atoms with E-state index in [9.17, 15) is 29.4 Å². The summed E-state index contributed by atoms with van der Waals surface area (Å²) >= 11 is 0. The van der Waals surface area contributed by atoms with Crippen LogP contribution in [0.1, 0.15) is 63.9 Å². The molecular formula is C35H40O11. The lowest BCUT2D eigenvalue weighted by atomic mass is 9.46. The van der Waals surface area contributed by atoms with Gasteiger partial charge in [0.25, 0.3) is 0 Å². The highest BCUT2D eigenvalue weighted by Crippen LogP contribution is 2.68. The molecule has 2 aromatic rings. The van der Waals surface area contributed by atoms with Gasteiger partial charge in [-0.05, 0) is 57.9 Å². The average molecular weight is 637 g/mol. The zero-order valence-electron chi connectivity index (χ0n) is 26.7. The van der Waals surface area contributed by atoms with Crippen molar-refractivity contribution >= 4 is 30.0 Å². The van der Waals surface area contributed by atoms with Gasteiger partial charge in [0.15, 0.2) is 18.3 Å². The van der Waals surface area contributed by atoms with Crippen molar-refractivity contribution in [1.82, 2.24) is 0 Å². The maximum absolute atomic E-state index is 13.7. The molecule has 11 nitrogen and oxygen atoms in total. The van der Waals surface area contributed by atoms with Crippen LogP contribution in [0.5, 0.6) is 0 Å². The molecule has 46 heavy (non-hydrogen) atoms. The van der Waals surface area contributed by atoms with Crippen molar-refractivity contribution in [2.45, 2.75) is 95.3 Å².